The maximum absolute atomic E-state index is 10.3. The van der Waals surface area contributed by atoms with Crippen LogP contribution in [-0.2, 0) is 0 Å². The Labute approximate surface area is 80.4 Å². The molecule has 0 spiro atoms. The normalized spacial score (nSPS) is 8.00. The van der Waals surface area contributed by atoms with E-state index in [1.54, 1.807) is 12.1 Å². The summed E-state index contributed by atoms with van der Waals surface area (Å²) in [5.41, 5.74) is 9.02. The molecule has 0 unspecified atom stereocenters. The van der Waals surface area contributed by atoms with Crippen LogP contribution in [0.3, 0.4) is 0 Å². The second-order valence-electron chi connectivity index (χ2n) is 2.28. The van der Waals surface area contributed by atoms with Gasteiger partial charge in [0.25, 0.3) is 0 Å². The highest BCUT2D eigenvalue weighted by Gasteiger charge is 1.89. The summed E-state index contributed by atoms with van der Waals surface area (Å²) in [4.78, 5) is 16.6. The molecule has 0 aliphatic carbocycles. The summed E-state index contributed by atoms with van der Waals surface area (Å²) in [7, 11) is 0. The zero-order valence-corrected chi connectivity index (χ0v) is 7.21. The monoisotopic (exact) mass is 186 g/mol. The number of azide groups is 1. The zero-order chi connectivity index (χ0) is 10.2. The molecule has 5 heteroatoms. The lowest BCUT2D eigenvalue weighted by Gasteiger charge is -1.89. The van der Waals surface area contributed by atoms with E-state index in [-0.39, 0.29) is 6.54 Å². The summed E-state index contributed by atoms with van der Waals surface area (Å²) in [6, 6.07) is 3.25. The molecular weight excluding hydrogens is 180 g/mol. The van der Waals surface area contributed by atoms with Crippen LogP contribution in [0.2, 0.25) is 0 Å². The molecule has 1 aromatic heterocycles. The molecular formula is C9H6N4O. The predicted octanol–water partition coefficient (Wildman–Crippen LogP) is 1.56. The van der Waals surface area contributed by atoms with Crippen molar-refractivity contribution in [3.63, 3.8) is 0 Å². The van der Waals surface area contributed by atoms with E-state index in [1.165, 1.54) is 6.20 Å². The average Bonchev–Trinajstić information content (AvgIpc) is 2.25. The number of rotatable bonds is 2. The van der Waals surface area contributed by atoms with Crippen molar-refractivity contribution in [2.75, 3.05) is 6.54 Å². The number of aldehydes is 1. The summed E-state index contributed by atoms with van der Waals surface area (Å²) in [6.45, 7) is 0.131. The van der Waals surface area contributed by atoms with Crippen molar-refractivity contribution in [1.29, 1.82) is 0 Å². The Hall–Kier alpha value is -2.31. The molecule has 5 nitrogen and oxygen atoms in total. The van der Waals surface area contributed by atoms with Crippen LogP contribution in [0.5, 0.6) is 0 Å². The first-order valence-electron chi connectivity index (χ1n) is 3.78. The zero-order valence-electron chi connectivity index (χ0n) is 7.21. The van der Waals surface area contributed by atoms with Crippen molar-refractivity contribution < 1.29 is 4.79 Å². The summed E-state index contributed by atoms with van der Waals surface area (Å²) in [5.74, 6) is 5.38. The van der Waals surface area contributed by atoms with E-state index in [9.17, 15) is 4.79 Å². The van der Waals surface area contributed by atoms with Crippen LogP contribution >= 0.6 is 0 Å². The lowest BCUT2D eigenvalue weighted by Crippen LogP contribution is -1.86. The van der Waals surface area contributed by atoms with Crippen LogP contribution in [-0.4, -0.2) is 17.8 Å². The smallest absolute Gasteiger partial charge is 0.168 e. The number of hydrogen-bond acceptors (Lipinski definition) is 3. The maximum Gasteiger partial charge on any atom is 0.168 e. The molecule has 0 saturated carbocycles. The van der Waals surface area contributed by atoms with Crippen LogP contribution in [0, 0.1) is 11.8 Å². The van der Waals surface area contributed by atoms with Crippen molar-refractivity contribution in [3.8, 4) is 11.8 Å². The van der Waals surface area contributed by atoms with E-state index in [1.807, 2.05) is 0 Å². The fourth-order valence-electron chi connectivity index (χ4n) is 0.758. The lowest BCUT2D eigenvalue weighted by atomic mass is 10.2. The minimum Gasteiger partial charge on any atom is -0.296 e. The highest BCUT2D eigenvalue weighted by molar-refractivity contribution is 5.71. The Bertz CT molecular complexity index is 420. The Morgan fingerprint density at radius 1 is 1.64 bits per heavy atom. The summed E-state index contributed by atoms with van der Waals surface area (Å²) >= 11 is 0. The highest BCUT2D eigenvalue weighted by Crippen LogP contribution is 1.95. The average molecular weight is 186 g/mol. The van der Waals surface area contributed by atoms with Gasteiger partial charge in [0.2, 0.25) is 0 Å². The standard InChI is InChI=1S/C9H6N4O/c10-13-12-5-1-2-8-3-4-9(7-14)11-6-8/h3-4,6-7H,5H2. The topological polar surface area (TPSA) is 78.7 Å². The minimum atomic E-state index is 0.131. The maximum atomic E-state index is 10.3. The quantitative estimate of drug-likeness (QED) is 0.231. The summed E-state index contributed by atoms with van der Waals surface area (Å²) in [5, 5.41) is 3.25. The number of carbonyl (C=O) groups excluding carboxylic acids is 1. The summed E-state index contributed by atoms with van der Waals surface area (Å²) < 4.78 is 0. The predicted molar refractivity (Wildman–Crippen MR) is 50.5 cm³/mol. The third-order valence-electron chi connectivity index (χ3n) is 1.35. The van der Waals surface area contributed by atoms with Gasteiger partial charge in [-0.3, -0.25) is 9.78 Å². The first-order chi connectivity index (χ1) is 6.86. The van der Waals surface area contributed by atoms with Crippen LogP contribution in [0.15, 0.2) is 23.4 Å². The van der Waals surface area contributed by atoms with Crippen molar-refractivity contribution >= 4 is 6.29 Å². The van der Waals surface area contributed by atoms with Gasteiger partial charge in [-0.15, -0.1) is 0 Å². The van der Waals surface area contributed by atoms with E-state index in [0.29, 0.717) is 17.5 Å². The second-order valence-corrected chi connectivity index (χ2v) is 2.28. The fourth-order valence-corrected chi connectivity index (χ4v) is 0.758. The molecule has 0 atom stereocenters. The van der Waals surface area contributed by atoms with Gasteiger partial charge in [0.1, 0.15) is 5.69 Å². The van der Waals surface area contributed by atoms with Gasteiger partial charge >= 0.3 is 0 Å². The SMILES string of the molecule is [N-]=[N+]=NCC#Cc1ccc(C=O)nc1. The van der Waals surface area contributed by atoms with E-state index in [0.717, 1.165) is 0 Å². The van der Waals surface area contributed by atoms with E-state index >= 15 is 0 Å². The minimum absolute atomic E-state index is 0.131. The lowest BCUT2D eigenvalue weighted by molar-refractivity contribution is 0.111. The van der Waals surface area contributed by atoms with Gasteiger partial charge in [0.05, 0.1) is 6.54 Å². The molecule has 0 aromatic carbocycles. The molecule has 1 rings (SSSR count). The third kappa shape index (κ3) is 2.97. The number of pyridine rings is 1. The van der Waals surface area contributed by atoms with Crippen molar-refractivity contribution in [2.24, 2.45) is 5.11 Å². The molecule has 68 valence electrons. The van der Waals surface area contributed by atoms with E-state index in [2.05, 4.69) is 26.9 Å². The Morgan fingerprint density at radius 3 is 3.07 bits per heavy atom. The molecule has 0 aliphatic heterocycles. The second kappa shape index (κ2) is 5.36. The van der Waals surface area contributed by atoms with Gasteiger partial charge < -0.3 is 0 Å². The van der Waals surface area contributed by atoms with Gasteiger partial charge in [0.15, 0.2) is 6.29 Å². The third-order valence-corrected chi connectivity index (χ3v) is 1.35. The van der Waals surface area contributed by atoms with Gasteiger partial charge in [0, 0.05) is 16.7 Å². The molecule has 0 amide bonds. The molecule has 1 aromatic rings. The van der Waals surface area contributed by atoms with Gasteiger partial charge in [-0.05, 0) is 17.7 Å². The molecule has 0 aliphatic rings. The largest absolute Gasteiger partial charge is 0.296 e. The molecule has 14 heavy (non-hydrogen) atoms. The van der Waals surface area contributed by atoms with Crippen LogP contribution in [0.1, 0.15) is 16.1 Å². The fraction of sp³-hybridized carbons (Fsp3) is 0.111. The van der Waals surface area contributed by atoms with Gasteiger partial charge in [-0.2, -0.15) is 0 Å². The Morgan fingerprint density at radius 2 is 2.50 bits per heavy atom. The number of nitrogens with zero attached hydrogens (tertiary/aromatic N) is 4. The molecule has 0 bridgehead atoms. The number of hydrogen-bond donors (Lipinski definition) is 0. The molecule has 0 fully saturated rings. The van der Waals surface area contributed by atoms with Crippen LogP contribution in [0.25, 0.3) is 10.4 Å². The van der Waals surface area contributed by atoms with Crippen LogP contribution in [0.4, 0.5) is 0 Å². The number of carbonyl (C=O) groups is 1. The Balaban J connectivity index is 2.71. The summed E-state index contributed by atoms with van der Waals surface area (Å²) in [6.07, 6.45) is 2.16. The first kappa shape index (κ1) is 9.78. The first-order valence-corrected chi connectivity index (χ1v) is 3.78. The van der Waals surface area contributed by atoms with Gasteiger partial charge in [-0.25, -0.2) is 0 Å². The van der Waals surface area contributed by atoms with Crippen molar-refractivity contribution in [3.05, 3.63) is 40.0 Å². The van der Waals surface area contributed by atoms with E-state index < -0.39 is 0 Å². The molecule has 0 N–H and O–H groups in total. The Kier molecular flexibility index (Phi) is 3.74. The van der Waals surface area contributed by atoms with Crippen LogP contribution < -0.4 is 0 Å². The van der Waals surface area contributed by atoms with E-state index in [4.69, 9.17) is 5.53 Å². The number of aromatic nitrogens is 1. The van der Waals surface area contributed by atoms with Gasteiger partial charge in [-0.1, -0.05) is 17.0 Å². The van der Waals surface area contributed by atoms with Crippen molar-refractivity contribution in [1.82, 2.24) is 4.98 Å². The van der Waals surface area contributed by atoms with Crippen molar-refractivity contribution in [2.45, 2.75) is 0 Å². The molecule has 0 radical (unpaired) electrons. The molecule has 0 saturated heterocycles. The molecule has 1 heterocycles. The highest BCUT2D eigenvalue weighted by atomic mass is 16.1.